The fraction of sp³-hybridized carbons (Fsp3) is 0.0556. The molecule has 2 aromatic carbocycles. The molecule has 0 heterocycles. The molecule has 0 saturated carbocycles. The Hall–Kier alpha value is -2.93. The van der Waals surface area contributed by atoms with Gasteiger partial charge in [0.2, 0.25) is 0 Å². The molecule has 0 unspecified atom stereocenters. The maximum Gasteiger partial charge on any atom is 0.329 e. The molecule has 0 bridgehead atoms. The molecular formula is C18H17BrN4O2. The molecule has 0 atom stereocenters. The van der Waals surface area contributed by atoms with Crippen molar-refractivity contribution >= 4 is 45.3 Å². The van der Waals surface area contributed by atoms with Crippen LogP contribution < -0.4 is 16.1 Å². The highest BCUT2D eigenvalue weighted by molar-refractivity contribution is 9.10. The molecule has 0 aliphatic carbocycles. The smallest absolute Gasteiger partial charge is 0.329 e. The lowest BCUT2D eigenvalue weighted by atomic mass is 10.2. The molecule has 128 valence electrons. The lowest BCUT2D eigenvalue weighted by Gasteiger charge is -2.10. The van der Waals surface area contributed by atoms with Gasteiger partial charge in [-0.2, -0.15) is 5.10 Å². The third-order valence-corrected chi connectivity index (χ3v) is 3.54. The number of nitrogens with one attached hydrogen (secondary N) is 3. The average Bonchev–Trinajstić information content (AvgIpc) is 2.62. The average molecular weight is 401 g/mol. The van der Waals surface area contributed by atoms with E-state index in [-0.39, 0.29) is 6.54 Å². The topological polar surface area (TPSA) is 82.6 Å². The van der Waals surface area contributed by atoms with Gasteiger partial charge in [0.05, 0.1) is 6.21 Å². The van der Waals surface area contributed by atoms with Crippen LogP contribution in [0.2, 0.25) is 0 Å². The number of hydrazone groups is 1. The van der Waals surface area contributed by atoms with Gasteiger partial charge in [-0.05, 0) is 30.3 Å². The van der Waals surface area contributed by atoms with Crippen molar-refractivity contribution in [1.82, 2.24) is 10.7 Å². The van der Waals surface area contributed by atoms with Crippen LogP contribution >= 0.6 is 15.9 Å². The molecule has 3 N–H and O–H groups in total. The van der Waals surface area contributed by atoms with Gasteiger partial charge in [0.1, 0.15) is 0 Å². The van der Waals surface area contributed by atoms with E-state index in [1.165, 1.54) is 12.3 Å². The molecule has 0 aliphatic rings. The zero-order valence-corrected chi connectivity index (χ0v) is 14.9. The van der Waals surface area contributed by atoms with Crippen molar-refractivity contribution in [2.75, 3.05) is 11.9 Å². The summed E-state index contributed by atoms with van der Waals surface area (Å²) in [5.41, 5.74) is 4.66. The van der Waals surface area contributed by atoms with Crippen LogP contribution in [0, 0.1) is 0 Å². The van der Waals surface area contributed by atoms with Gasteiger partial charge in [0.25, 0.3) is 0 Å². The summed E-state index contributed by atoms with van der Waals surface area (Å²) < 4.78 is 0.864. The fourth-order valence-corrected chi connectivity index (χ4v) is 2.27. The van der Waals surface area contributed by atoms with Crippen LogP contribution in [0.1, 0.15) is 5.56 Å². The molecule has 0 radical (unpaired) electrons. The summed E-state index contributed by atoms with van der Waals surface area (Å²) in [6.07, 6.45) is 2.95. The molecular weight excluding hydrogens is 384 g/mol. The van der Waals surface area contributed by atoms with E-state index in [0.29, 0.717) is 0 Å². The van der Waals surface area contributed by atoms with Crippen LogP contribution in [-0.4, -0.2) is 24.6 Å². The van der Waals surface area contributed by atoms with Crippen molar-refractivity contribution in [3.8, 4) is 0 Å². The number of benzene rings is 2. The molecule has 7 heteroatoms. The number of para-hydroxylation sites is 1. The number of carbonyl (C=O) groups excluding carboxylic acids is 2. The van der Waals surface area contributed by atoms with Crippen LogP contribution in [0.3, 0.4) is 0 Å². The van der Waals surface area contributed by atoms with Crippen LogP contribution in [0.15, 0.2) is 70.8 Å². The van der Waals surface area contributed by atoms with Gasteiger partial charge in [-0.1, -0.05) is 40.2 Å². The normalized spacial score (nSPS) is 10.3. The molecule has 0 fully saturated rings. The van der Waals surface area contributed by atoms with E-state index in [9.17, 15) is 9.59 Å². The van der Waals surface area contributed by atoms with E-state index in [1.54, 1.807) is 0 Å². The summed E-state index contributed by atoms with van der Waals surface area (Å²) in [5, 5.41) is 9.49. The second-order valence-electron chi connectivity index (χ2n) is 4.92. The lowest BCUT2D eigenvalue weighted by Crippen LogP contribution is -2.37. The van der Waals surface area contributed by atoms with Crippen molar-refractivity contribution in [3.63, 3.8) is 0 Å². The van der Waals surface area contributed by atoms with Crippen molar-refractivity contribution in [1.29, 1.82) is 0 Å². The maximum atomic E-state index is 11.6. The predicted molar refractivity (Wildman–Crippen MR) is 103 cm³/mol. The van der Waals surface area contributed by atoms with Crippen LogP contribution in [0.4, 0.5) is 11.4 Å². The minimum atomic E-state index is -0.842. The van der Waals surface area contributed by atoms with Gasteiger partial charge >= 0.3 is 11.8 Å². The third kappa shape index (κ3) is 5.89. The lowest BCUT2D eigenvalue weighted by molar-refractivity contribution is -0.139. The maximum absolute atomic E-state index is 11.6. The Balaban J connectivity index is 2.07. The Kier molecular flexibility index (Phi) is 6.91. The Morgan fingerprint density at radius 3 is 2.60 bits per heavy atom. The number of hydrogen-bond acceptors (Lipinski definition) is 4. The van der Waals surface area contributed by atoms with Gasteiger partial charge in [-0.3, -0.25) is 9.59 Å². The molecule has 2 rings (SSSR count). The van der Waals surface area contributed by atoms with Crippen LogP contribution in [0.25, 0.3) is 0 Å². The highest BCUT2D eigenvalue weighted by Crippen LogP contribution is 2.23. The van der Waals surface area contributed by atoms with Gasteiger partial charge in [-0.15, -0.1) is 6.58 Å². The summed E-state index contributed by atoms with van der Waals surface area (Å²) in [6.45, 7) is 3.67. The second kappa shape index (κ2) is 9.39. The summed E-state index contributed by atoms with van der Waals surface area (Å²) in [5.74, 6) is -1.61. The molecule has 0 spiro atoms. The van der Waals surface area contributed by atoms with Gasteiger partial charge in [-0.25, -0.2) is 5.43 Å². The summed E-state index contributed by atoms with van der Waals surface area (Å²) in [6, 6.07) is 15.3. The quantitative estimate of drug-likeness (QED) is 0.301. The first-order valence-corrected chi connectivity index (χ1v) is 8.23. The van der Waals surface area contributed by atoms with Gasteiger partial charge in [0.15, 0.2) is 0 Å². The van der Waals surface area contributed by atoms with E-state index in [4.69, 9.17) is 0 Å². The van der Waals surface area contributed by atoms with Crippen LogP contribution in [-0.2, 0) is 9.59 Å². The van der Waals surface area contributed by atoms with Gasteiger partial charge in [0, 0.05) is 28.0 Å². The van der Waals surface area contributed by atoms with Crippen molar-refractivity contribution in [3.05, 3.63) is 71.2 Å². The van der Waals surface area contributed by atoms with E-state index in [0.717, 1.165) is 21.4 Å². The Morgan fingerprint density at radius 1 is 1.12 bits per heavy atom. The SMILES string of the molecule is C=CCNC(=O)C(=O)N/N=C\c1cc(Br)ccc1Nc1ccccc1. The third-order valence-electron chi connectivity index (χ3n) is 3.05. The summed E-state index contributed by atoms with van der Waals surface area (Å²) >= 11 is 3.40. The summed E-state index contributed by atoms with van der Waals surface area (Å²) in [7, 11) is 0. The highest BCUT2D eigenvalue weighted by atomic mass is 79.9. The first-order chi connectivity index (χ1) is 12.1. The summed E-state index contributed by atoms with van der Waals surface area (Å²) in [4.78, 5) is 23.0. The molecule has 0 aliphatic heterocycles. The van der Waals surface area contributed by atoms with Crippen molar-refractivity contribution in [2.45, 2.75) is 0 Å². The molecule has 2 amide bonds. The highest BCUT2D eigenvalue weighted by Gasteiger charge is 2.10. The number of rotatable bonds is 6. The zero-order chi connectivity index (χ0) is 18.1. The molecule has 25 heavy (non-hydrogen) atoms. The number of nitrogens with zero attached hydrogens (tertiary/aromatic N) is 1. The molecule has 6 nitrogen and oxygen atoms in total. The number of amides is 2. The number of carbonyl (C=O) groups is 2. The standard InChI is InChI=1S/C18H17BrN4O2/c1-2-10-20-17(24)18(25)23-21-12-13-11-14(19)8-9-16(13)22-15-6-4-3-5-7-15/h2-9,11-12,22H,1,10H2,(H,20,24)(H,23,25)/b21-12-. The fourth-order valence-electron chi connectivity index (χ4n) is 1.89. The van der Waals surface area contributed by atoms with E-state index < -0.39 is 11.8 Å². The Bertz CT molecular complexity index is 791. The molecule has 2 aromatic rings. The van der Waals surface area contributed by atoms with Gasteiger partial charge < -0.3 is 10.6 Å². The first-order valence-electron chi connectivity index (χ1n) is 7.44. The van der Waals surface area contributed by atoms with Crippen molar-refractivity contribution < 1.29 is 9.59 Å². The number of anilines is 2. The second-order valence-corrected chi connectivity index (χ2v) is 5.84. The van der Waals surface area contributed by atoms with E-state index in [2.05, 4.69) is 43.7 Å². The zero-order valence-electron chi connectivity index (χ0n) is 13.3. The van der Waals surface area contributed by atoms with Crippen LogP contribution in [0.5, 0.6) is 0 Å². The largest absolute Gasteiger partial charge is 0.355 e. The number of hydrogen-bond donors (Lipinski definition) is 3. The monoisotopic (exact) mass is 400 g/mol. The minimum Gasteiger partial charge on any atom is -0.355 e. The predicted octanol–water partition coefficient (Wildman–Crippen LogP) is 2.95. The van der Waals surface area contributed by atoms with E-state index >= 15 is 0 Å². The number of halogens is 1. The molecule has 0 saturated heterocycles. The minimum absolute atomic E-state index is 0.215. The molecule has 0 aromatic heterocycles. The van der Waals surface area contributed by atoms with E-state index in [1.807, 2.05) is 48.5 Å². The Labute approximate surface area is 154 Å². The Morgan fingerprint density at radius 2 is 1.88 bits per heavy atom. The first kappa shape index (κ1) is 18.4. The van der Waals surface area contributed by atoms with Crippen molar-refractivity contribution in [2.24, 2.45) is 5.10 Å².